The molecule has 0 spiro atoms. The molecule has 5 nitrogen and oxygen atoms in total. The Morgan fingerprint density at radius 3 is 2.11 bits per heavy atom. The van der Waals surface area contributed by atoms with Gasteiger partial charge in [-0.05, 0) is 6.92 Å². The number of methoxy groups -OCH3 is 1. The Bertz CT molecular complexity index is 376. The van der Waals surface area contributed by atoms with Gasteiger partial charge in [0.05, 0.1) is 6.10 Å². The topological polar surface area (TPSA) is 87.0 Å². The molecular weight excluding hydrogens is 236 g/mol. The largest absolute Gasteiger partial charge is 0.391 e. The van der Waals surface area contributed by atoms with Crippen LogP contribution in [0.5, 0.6) is 0 Å². The quantitative estimate of drug-likeness (QED) is 0.621. The summed E-state index contributed by atoms with van der Waals surface area (Å²) in [5.74, 6) is -0.440. The number of aliphatic hydroxyl groups is 3. The number of hydrogen-bond donors (Lipinski definition) is 3. The molecule has 0 aliphatic rings. The van der Waals surface area contributed by atoms with Crippen LogP contribution in [0.15, 0.2) is 30.3 Å². The van der Waals surface area contributed by atoms with E-state index in [1.807, 2.05) is 0 Å². The third-order valence-corrected chi connectivity index (χ3v) is 2.73. The highest BCUT2D eigenvalue weighted by atomic mass is 16.5. The molecule has 0 aliphatic carbocycles. The van der Waals surface area contributed by atoms with E-state index in [4.69, 9.17) is 4.74 Å². The van der Waals surface area contributed by atoms with Crippen molar-refractivity contribution in [2.45, 2.75) is 31.3 Å². The molecule has 0 heterocycles. The van der Waals surface area contributed by atoms with Crippen molar-refractivity contribution >= 4 is 5.78 Å². The molecule has 4 atom stereocenters. The van der Waals surface area contributed by atoms with Gasteiger partial charge < -0.3 is 20.1 Å². The van der Waals surface area contributed by atoms with Crippen molar-refractivity contribution in [3.8, 4) is 0 Å². The summed E-state index contributed by atoms with van der Waals surface area (Å²) in [4.78, 5) is 12.1. The van der Waals surface area contributed by atoms with Crippen molar-refractivity contribution in [3.05, 3.63) is 35.9 Å². The fraction of sp³-hybridized carbons (Fsp3) is 0.462. The van der Waals surface area contributed by atoms with Gasteiger partial charge >= 0.3 is 0 Å². The van der Waals surface area contributed by atoms with Gasteiger partial charge in [0.1, 0.15) is 18.3 Å². The van der Waals surface area contributed by atoms with Crippen molar-refractivity contribution in [1.29, 1.82) is 0 Å². The van der Waals surface area contributed by atoms with Crippen LogP contribution in [-0.2, 0) is 4.74 Å². The lowest BCUT2D eigenvalue weighted by molar-refractivity contribution is -0.0979. The van der Waals surface area contributed by atoms with Gasteiger partial charge in [0.25, 0.3) is 0 Å². The Kier molecular flexibility index (Phi) is 5.43. The van der Waals surface area contributed by atoms with Gasteiger partial charge in [-0.15, -0.1) is 0 Å². The molecule has 0 amide bonds. The van der Waals surface area contributed by atoms with Gasteiger partial charge in [-0.2, -0.15) is 0 Å². The van der Waals surface area contributed by atoms with Crippen molar-refractivity contribution in [2.75, 3.05) is 7.11 Å². The molecule has 0 radical (unpaired) electrons. The highest BCUT2D eigenvalue weighted by Crippen LogP contribution is 2.13. The summed E-state index contributed by atoms with van der Waals surface area (Å²) in [7, 11) is 1.27. The van der Waals surface area contributed by atoms with Crippen LogP contribution in [0, 0.1) is 0 Å². The number of benzene rings is 1. The van der Waals surface area contributed by atoms with E-state index in [1.54, 1.807) is 30.3 Å². The van der Waals surface area contributed by atoms with Crippen LogP contribution in [0.4, 0.5) is 0 Å². The molecule has 1 rings (SSSR count). The Morgan fingerprint density at radius 2 is 1.67 bits per heavy atom. The first-order chi connectivity index (χ1) is 8.49. The highest BCUT2D eigenvalue weighted by molar-refractivity contribution is 5.99. The lowest BCUT2D eigenvalue weighted by Gasteiger charge is -2.26. The third-order valence-electron chi connectivity index (χ3n) is 2.73. The van der Waals surface area contributed by atoms with Crippen LogP contribution in [0.1, 0.15) is 17.3 Å². The Morgan fingerprint density at radius 1 is 1.11 bits per heavy atom. The number of hydrogen-bond acceptors (Lipinski definition) is 5. The fourth-order valence-corrected chi connectivity index (χ4v) is 1.63. The first-order valence-electron chi connectivity index (χ1n) is 5.65. The minimum atomic E-state index is -1.48. The molecule has 1 aromatic rings. The number of aliphatic hydroxyl groups excluding tert-OH is 3. The summed E-state index contributed by atoms with van der Waals surface area (Å²) in [5, 5.41) is 28.6. The molecular formula is C13H18O5. The van der Waals surface area contributed by atoms with E-state index in [9.17, 15) is 20.1 Å². The van der Waals surface area contributed by atoms with E-state index < -0.39 is 30.2 Å². The van der Waals surface area contributed by atoms with Gasteiger partial charge in [-0.3, -0.25) is 4.79 Å². The van der Waals surface area contributed by atoms with Crippen molar-refractivity contribution in [2.24, 2.45) is 0 Å². The van der Waals surface area contributed by atoms with Crippen LogP contribution >= 0.6 is 0 Å². The molecule has 0 saturated heterocycles. The second-order valence-electron chi connectivity index (χ2n) is 4.11. The number of Topliss-reactive ketones (excluding diaryl/α,β-unsaturated/α-hetero) is 1. The standard InChI is InChI=1S/C13H18O5/c1-8(14)10(15)12(17)13(18-2)11(16)9-6-4-3-5-7-9/h3-8,10,12-15,17H,1-2H3/t8-,10-,12+,13-/m1/s1. The third kappa shape index (κ3) is 3.36. The van der Waals surface area contributed by atoms with Crippen molar-refractivity contribution in [3.63, 3.8) is 0 Å². The number of carbonyl (C=O) groups is 1. The zero-order valence-corrected chi connectivity index (χ0v) is 10.4. The highest BCUT2D eigenvalue weighted by Gasteiger charge is 2.34. The molecule has 0 fully saturated rings. The number of ether oxygens (including phenoxy) is 1. The summed E-state index contributed by atoms with van der Waals surface area (Å²) >= 11 is 0. The van der Waals surface area contributed by atoms with Gasteiger partial charge in [0.15, 0.2) is 5.78 Å². The average molecular weight is 254 g/mol. The van der Waals surface area contributed by atoms with Crippen LogP contribution in [-0.4, -0.2) is 52.6 Å². The first kappa shape index (κ1) is 14.8. The van der Waals surface area contributed by atoms with Crippen LogP contribution in [0.25, 0.3) is 0 Å². The summed E-state index contributed by atoms with van der Waals surface area (Å²) in [6.07, 6.45) is -5.29. The molecule has 0 unspecified atom stereocenters. The summed E-state index contributed by atoms with van der Waals surface area (Å²) in [5.41, 5.74) is 0.376. The van der Waals surface area contributed by atoms with E-state index >= 15 is 0 Å². The van der Waals surface area contributed by atoms with Gasteiger partial charge in [0, 0.05) is 12.7 Å². The smallest absolute Gasteiger partial charge is 0.194 e. The normalized spacial score (nSPS) is 17.8. The second kappa shape index (κ2) is 6.61. The van der Waals surface area contributed by atoms with E-state index in [0.717, 1.165) is 0 Å². The van der Waals surface area contributed by atoms with Crippen LogP contribution in [0.2, 0.25) is 0 Å². The van der Waals surface area contributed by atoms with Crippen LogP contribution in [0.3, 0.4) is 0 Å². The summed E-state index contributed by atoms with van der Waals surface area (Å²) < 4.78 is 4.93. The molecule has 18 heavy (non-hydrogen) atoms. The fourth-order valence-electron chi connectivity index (χ4n) is 1.63. The minimum Gasteiger partial charge on any atom is -0.391 e. The number of rotatable bonds is 6. The van der Waals surface area contributed by atoms with E-state index in [1.165, 1.54) is 14.0 Å². The number of ketones is 1. The van der Waals surface area contributed by atoms with Crippen molar-refractivity contribution in [1.82, 2.24) is 0 Å². The Hall–Kier alpha value is -1.27. The van der Waals surface area contributed by atoms with Crippen LogP contribution < -0.4 is 0 Å². The lowest BCUT2D eigenvalue weighted by atomic mass is 9.97. The Balaban J connectivity index is 2.87. The first-order valence-corrected chi connectivity index (χ1v) is 5.65. The molecule has 0 saturated carbocycles. The maximum absolute atomic E-state index is 12.1. The second-order valence-corrected chi connectivity index (χ2v) is 4.11. The van der Waals surface area contributed by atoms with Gasteiger partial charge in [-0.25, -0.2) is 0 Å². The minimum absolute atomic E-state index is 0.376. The SMILES string of the molecule is CO[C@H](C(=O)c1ccccc1)[C@@H](O)[C@H](O)[C@@H](C)O. The summed E-state index contributed by atoms with van der Waals surface area (Å²) in [6.45, 7) is 1.33. The number of carbonyl (C=O) groups excluding carboxylic acids is 1. The predicted octanol–water partition coefficient (Wildman–Crippen LogP) is -0.0131. The maximum atomic E-state index is 12.1. The molecule has 100 valence electrons. The molecule has 0 aliphatic heterocycles. The Labute approximate surface area is 106 Å². The van der Waals surface area contributed by atoms with E-state index in [-0.39, 0.29) is 0 Å². The lowest BCUT2D eigenvalue weighted by Crippen LogP contribution is -2.47. The zero-order valence-electron chi connectivity index (χ0n) is 10.4. The summed E-state index contributed by atoms with van der Waals surface area (Å²) in [6, 6.07) is 8.33. The molecule has 1 aromatic carbocycles. The maximum Gasteiger partial charge on any atom is 0.194 e. The molecule has 5 heteroatoms. The van der Waals surface area contributed by atoms with Gasteiger partial charge in [-0.1, -0.05) is 30.3 Å². The molecule has 0 aromatic heterocycles. The molecule has 0 bridgehead atoms. The van der Waals surface area contributed by atoms with Gasteiger partial charge in [0.2, 0.25) is 0 Å². The average Bonchev–Trinajstić information content (AvgIpc) is 2.39. The molecule has 3 N–H and O–H groups in total. The van der Waals surface area contributed by atoms with E-state index in [2.05, 4.69) is 0 Å². The monoisotopic (exact) mass is 254 g/mol. The zero-order chi connectivity index (χ0) is 13.7. The van der Waals surface area contributed by atoms with Crippen molar-refractivity contribution < 1.29 is 24.9 Å². The predicted molar refractivity (Wildman–Crippen MR) is 65.3 cm³/mol. The van der Waals surface area contributed by atoms with E-state index in [0.29, 0.717) is 5.56 Å².